The van der Waals surface area contributed by atoms with Crippen LogP contribution in [0.15, 0.2) is 30.5 Å². The first-order valence-electron chi connectivity index (χ1n) is 8.75. The van der Waals surface area contributed by atoms with Crippen molar-refractivity contribution in [3.8, 4) is 0 Å². The maximum atomic E-state index is 12.7. The van der Waals surface area contributed by atoms with Crippen molar-refractivity contribution in [3.63, 3.8) is 0 Å². The van der Waals surface area contributed by atoms with Crippen molar-refractivity contribution in [2.75, 3.05) is 38.0 Å². The summed E-state index contributed by atoms with van der Waals surface area (Å²) in [5.41, 5.74) is 3.71. The Hall–Kier alpha value is -2.47. The van der Waals surface area contributed by atoms with Crippen LogP contribution in [0.3, 0.4) is 0 Å². The summed E-state index contributed by atoms with van der Waals surface area (Å²) in [6, 6.07) is 7.87. The summed E-state index contributed by atoms with van der Waals surface area (Å²) in [5, 5.41) is 3.20. The Labute approximate surface area is 148 Å². The van der Waals surface area contributed by atoms with Crippen LogP contribution in [-0.2, 0) is 0 Å². The summed E-state index contributed by atoms with van der Waals surface area (Å²) < 4.78 is 0. The zero-order valence-corrected chi connectivity index (χ0v) is 15.1. The third-order valence-corrected chi connectivity index (χ3v) is 4.46. The van der Waals surface area contributed by atoms with E-state index in [1.807, 2.05) is 17.0 Å². The third kappa shape index (κ3) is 4.33. The molecule has 0 spiro atoms. The molecule has 25 heavy (non-hydrogen) atoms. The van der Waals surface area contributed by atoms with Gasteiger partial charge in [0.25, 0.3) is 5.91 Å². The predicted octanol–water partition coefficient (Wildman–Crippen LogP) is 2.61. The van der Waals surface area contributed by atoms with Crippen LogP contribution in [0.25, 0.3) is 0 Å². The normalized spacial score (nSPS) is 15.2. The number of carbonyl (C=O) groups excluding carboxylic acids is 1. The van der Waals surface area contributed by atoms with Gasteiger partial charge in [-0.15, -0.1) is 0 Å². The number of aryl methyl sites for hydroxylation is 2. The molecule has 1 amide bonds. The summed E-state index contributed by atoms with van der Waals surface area (Å²) in [7, 11) is 0. The Morgan fingerprint density at radius 3 is 2.44 bits per heavy atom. The second-order valence-corrected chi connectivity index (χ2v) is 6.49. The molecule has 0 saturated carbocycles. The minimum Gasteiger partial charge on any atom is -0.335 e. The summed E-state index contributed by atoms with van der Waals surface area (Å²) in [5.74, 6) is 0.421. The van der Waals surface area contributed by atoms with Gasteiger partial charge in [0.2, 0.25) is 5.95 Å². The standard InChI is InChI=1S/C19H25N5O/c1-4-23-7-9-24(10-8-23)18(25)17-5-6-20-19(22-17)21-16-12-14(2)11-15(3)13-16/h5-6,11-13H,4,7-10H2,1-3H3,(H,20,21,22). The number of hydrogen-bond donors (Lipinski definition) is 1. The Bertz CT molecular complexity index is 733. The van der Waals surface area contributed by atoms with E-state index < -0.39 is 0 Å². The lowest BCUT2D eigenvalue weighted by molar-refractivity contribution is 0.0637. The molecule has 1 aromatic carbocycles. The van der Waals surface area contributed by atoms with Crippen LogP contribution in [0, 0.1) is 13.8 Å². The highest BCUT2D eigenvalue weighted by Crippen LogP contribution is 2.17. The zero-order valence-electron chi connectivity index (χ0n) is 15.1. The minimum atomic E-state index is -0.0263. The van der Waals surface area contributed by atoms with E-state index in [9.17, 15) is 4.79 Å². The summed E-state index contributed by atoms with van der Waals surface area (Å²) in [6.07, 6.45) is 1.63. The van der Waals surface area contributed by atoms with Gasteiger partial charge in [0.1, 0.15) is 5.69 Å². The number of piperazine rings is 1. The Morgan fingerprint density at radius 1 is 1.12 bits per heavy atom. The highest BCUT2D eigenvalue weighted by molar-refractivity contribution is 5.92. The average molecular weight is 339 g/mol. The lowest BCUT2D eigenvalue weighted by Gasteiger charge is -2.33. The monoisotopic (exact) mass is 339 g/mol. The van der Waals surface area contributed by atoms with Gasteiger partial charge in [0.15, 0.2) is 0 Å². The largest absolute Gasteiger partial charge is 0.335 e. The van der Waals surface area contributed by atoms with E-state index in [1.165, 1.54) is 11.1 Å². The first-order chi connectivity index (χ1) is 12.0. The van der Waals surface area contributed by atoms with E-state index in [-0.39, 0.29) is 5.91 Å². The van der Waals surface area contributed by atoms with Crippen molar-refractivity contribution in [2.24, 2.45) is 0 Å². The fourth-order valence-corrected chi connectivity index (χ4v) is 3.14. The summed E-state index contributed by atoms with van der Waals surface area (Å²) in [6.45, 7) is 10.6. The number of rotatable bonds is 4. The predicted molar refractivity (Wildman–Crippen MR) is 99.2 cm³/mol. The minimum absolute atomic E-state index is 0.0263. The van der Waals surface area contributed by atoms with Crippen LogP contribution in [0.2, 0.25) is 0 Å². The second kappa shape index (κ2) is 7.61. The first-order valence-corrected chi connectivity index (χ1v) is 8.75. The lowest BCUT2D eigenvalue weighted by Crippen LogP contribution is -2.48. The molecule has 1 aliphatic heterocycles. The Balaban J connectivity index is 1.71. The average Bonchev–Trinajstić information content (AvgIpc) is 2.60. The second-order valence-electron chi connectivity index (χ2n) is 6.49. The van der Waals surface area contributed by atoms with E-state index in [0.29, 0.717) is 11.6 Å². The number of carbonyl (C=O) groups is 1. The van der Waals surface area contributed by atoms with Gasteiger partial charge in [0.05, 0.1) is 0 Å². The molecule has 0 atom stereocenters. The number of aromatic nitrogens is 2. The number of anilines is 2. The van der Waals surface area contributed by atoms with Crippen LogP contribution in [0.5, 0.6) is 0 Å². The topological polar surface area (TPSA) is 61.4 Å². The van der Waals surface area contributed by atoms with Crippen LogP contribution < -0.4 is 5.32 Å². The molecule has 6 nitrogen and oxygen atoms in total. The molecule has 0 radical (unpaired) electrons. The molecule has 1 aromatic heterocycles. The van der Waals surface area contributed by atoms with Gasteiger partial charge in [-0.1, -0.05) is 13.0 Å². The van der Waals surface area contributed by atoms with Crippen molar-refractivity contribution in [3.05, 3.63) is 47.3 Å². The summed E-state index contributed by atoms with van der Waals surface area (Å²) in [4.78, 5) is 25.6. The van der Waals surface area contributed by atoms with E-state index in [1.54, 1.807) is 12.3 Å². The number of amides is 1. The third-order valence-electron chi connectivity index (χ3n) is 4.46. The molecule has 1 N–H and O–H groups in total. The molecule has 1 saturated heterocycles. The maximum Gasteiger partial charge on any atom is 0.272 e. The highest BCUT2D eigenvalue weighted by Gasteiger charge is 2.22. The number of nitrogens with one attached hydrogen (secondary N) is 1. The zero-order chi connectivity index (χ0) is 17.8. The molecule has 6 heteroatoms. The number of likely N-dealkylation sites (N-methyl/N-ethyl adjacent to an activating group) is 1. The molecule has 1 fully saturated rings. The van der Waals surface area contributed by atoms with Gasteiger partial charge in [-0.25, -0.2) is 9.97 Å². The van der Waals surface area contributed by atoms with Gasteiger partial charge in [0, 0.05) is 38.1 Å². The van der Waals surface area contributed by atoms with Crippen LogP contribution in [0.4, 0.5) is 11.6 Å². The molecule has 2 aromatic rings. The molecule has 0 bridgehead atoms. The van der Waals surface area contributed by atoms with Gasteiger partial charge < -0.3 is 15.1 Å². The number of benzene rings is 1. The molecule has 3 rings (SSSR count). The van der Waals surface area contributed by atoms with Gasteiger partial charge >= 0.3 is 0 Å². The van der Waals surface area contributed by atoms with E-state index in [0.717, 1.165) is 38.4 Å². The van der Waals surface area contributed by atoms with E-state index in [2.05, 4.69) is 47.0 Å². The molecular weight excluding hydrogens is 314 g/mol. The molecular formula is C19H25N5O. The van der Waals surface area contributed by atoms with Crippen LogP contribution >= 0.6 is 0 Å². The van der Waals surface area contributed by atoms with Crippen molar-refractivity contribution in [2.45, 2.75) is 20.8 Å². The molecule has 2 heterocycles. The quantitative estimate of drug-likeness (QED) is 0.928. The van der Waals surface area contributed by atoms with Gasteiger partial charge in [-0.05, 0) is 49.7 Å². The number of nitrogens with zero attached hydrogens (tertiary/aromatic N) is 4. The SMILES string of the molecule is CCN1CCN(C(=O)c2ccnc(Nc3cc(C)cc(C)c3)n2)CC1. The molecule has 1 aliphatic rings. The van der Waals surface area contributed by atoms with Crippen molar-refractivity contribution in [1.82, 2.24) is 19.8 Å². The Kier molecular flexibility index (Phi) is 5.28. The maximum absolute atomic E-state index is 12.7. The summed E-state index contributed by atoms with van der Waals surface area (Å²) >= 11 is 0. The first kappa shape index (κ1) is 17.4. The van der Waals surface area contributed by atoms with Crippen molar-refractivity contribution < 1.29 is 4.79 Å². The van der Waals surface area contributed by atoms with Crippen LogP contribution in [-0.4, -0.2) is 58.4 Å². The molecule has 0 aliphatic carbocycles. The smallest absolute Gasteiger partial charge is 0.272 e. The fourth-order valence-electron chi connectivity index (χ4n) is 3.14. The molecule has 0 unspecified atom stereocenters. The van der Waals surface area contributed by atoms with E-state index in [4.69, 9.17) is 0 Å². The Morgan fingerprint density at radius 2 is 1.80 bits per heavy atom. The van der Waals surface area contributed by atoms with Crippen LogP contribution in [0.1, 0.15) is 28.5 Å². The van der Waals surface area contributed by atoms with Gasteiger partial charge in [-0.2, -0.15) is 0 Å². The van der Waals surface area contributed by atoms with Gasteiger partial charge in [-0.3, -0.25) is 4.79 Å². The highest BCUT2D eigenvalue weighted by atomic mass is 16.2. The van der Waals surface area contributed by atoms with E-state index >= 15 is 0 Å². The number of hydrogen-bond acceptors (Lipinski definition) is 5. The van der Waals surface area contributed by atoms with Crippen molar-refractivity contribution in [1.29, 1.82) is 0 Å². The van der Waals surface area contributed by atoms with Crippen molar-refractivity contribution >= 4 is 17.5 Å². The molecule has 132 valence electrons. The fraction of sp³-hybridized carbons (Fsp3) is 0.421. The lowest BCUT2D eigenvalue weighted by atomic mass is 10.1.